The molecule has 1 saturated heterocycles. The smallest absolute Gasteiger partial charge is 0.227 e. The zero-order valence-corrected chi connectivity index (χ0v) is 19.1. The molecule has 0 bridgehead atoms. The standard InChI is InChI=1S/C25H27N5O4/c1-33-20-12-18-19(14-21(20)34-2)27-25(28-23(18)26)29-10-8-16(9-11-29)30-22(31)13-17(24(30)32)15-6-4-3-5-7-15/h3-7,12-14,16,31-32H,8-11H2,1-2H3,(H2,26,27,28). The Morgan fingerprint density at radius 2 is 1.62 bits per heavy atom. The Bertz CT molecular complexity index is 1330. The molecule has 0 aliphatic carbocycles. The van der Waals surface area contributed by atoms with Gasteiger partial charge in [-0.1, -0.05) is 30.3 Å². The molecule has 0 spiro atoms. The summed E-state index contributed by atoms with van der Waals surface area (Å²) in [5.41, 5.74) is 8.41. The van der Waals surface area contributed by atoms with Crippen LogP contribution in [0.3, 0.4) is 0 Å². The van der Waals surface area contributed by atoms with E-state index in [0.29, 0.717) is 65.7 Å². The van der Waals surface area contributed by atoms with E-state index in [4.69, 9.17) is 20.2 Å². The second kappa shape index (κ2) is 8.66. The monoisotopic (exact) mass is 461 g/mol. The van der Waals surface area contributed by atoms with E-state index in [1.54, 1.807) is 37.0 Å². The van der Waals surface area contributed by atoms with Crippen molar-refractivity contribution in [2.24, 2.45) is 0 Å². The third kappa shape index (κ3) is 3.68. The molecule has 0 atom stereocenters. The van der Waals surface area contributed by atoms with E-state index in [1.165, 1.54) is 0 Å². The minimum Gasteiger partial charge on any atom is -0.494 e. The summed E-state index contributed by atoms with van der Waals surface area (Å²) in [6.07, 6.45) is 1.41. The molecule has 1 fully saturated rings. The molecule has 0 saturated carbocycles. The Morgan fingerprint density at radius 1 is 0.941 bits per heavy atom. The van der Waals surface area contributed by atoms with E-state index in [1.807, 2.05) is 30.3 Å². The van der Waals surface area contributed by atoms with Crippen LogP contribution in [0.5, 0.6) is 23.3 Å². The number of nitrogens with zero attached hydrogens (tertiary/aromatic N) is 4. The molecule has 9 nitrogen and oxygen atoms in total. The fourth-order valence-electron chi connectivity index (χ4n) is 4.62. The average molecular weight is 462 g/mol. The van der Waals surface area contributed by atoms with E-state index in [2.05, 4.69) is 9.88 Å². The van der Waals surface area contributed by atoms with Crippen molar-refractivity contribution in [3.63, 3.8) is 0 Å². The third-order valence-corrected chi connectivity index (χ3v) is 6.41. The van der Waals surface area contributed by atoms with Crippen LogP contribution in [0.1, 0.15) is 18.9 Å². The molecule has 1 aliphatic rings. The number of rotatable bonds is 5. The second-order valence-corrected chi connectivity index (χ2v) is 8.33. The zero-order chi connectivity index (χ0) is 23.8. The van der Waals surface area contributed by atoms with Crippen LogP contribution >= 0.6 is 0 Å². The van der Waals surface area contributed by atoms with Crippen molar-refractivity contribution in [3.8, 4) is 34.4 Å². The molecule has 4 aromatic rings. The Kier molecular flexibility index (Phi) is 5.53. The van der Waals surface area contributed by atoms with Gasteiger partial charge in [-0.25, -0.2) is 4.98 Å². The Balaban J connectivity index is 1.38. The van der Waals surface area contributed by atoms with Gasteiger partial charge in [-0.2, -0.15) is 4.98 Å². The maximum Gasteiger partial charge on any atom is 0.227 e. The molecule has 2 aromatic heterocycles. The lowest BCUT2D eigenvalue weighted by Gasteiger charge is -2.33. The van der Waals surface area contributed by atoms with Gasteiger partial charge in [0.25, 0.3) is 0 Å². The van der Waals surface area contributed by atoms with E-state index in [-0.39, 0.29) is 17.8 Å². The van der Waals surface area contributed by atoms with Crippen molar-refractivity contribution in [1.82, 2.24) is 14.5 Å². The van der Waals surface area contributed by atoms with Gasteiger partial charge in [-0.15, -0.1) is 0 Å². The van der Waals surface area contributed by atoms with Gasteiger partial charge in [-0.05, 0) is 24.5 Å². The van der Waals surface area contributed by atoms with Crippen LogP contribution in [0.15, 0.2) is 48.5 Å². The summed E-state index contributed by atoms with van der Waals surface area (Å²) in [5.74, 6) is 2.19. The molecule has 3 heterocycles. The number of fused-ring (bicyclic) bond motifs is 1. The number of aromatic nitrogens is 3. The number of hydrogen-bond donors (Lipinski definition) is 3. The summed E-state index contributed by atoms with van der Waals surface area (Å²) >= 11 is 0. The van der Waals surface area contributed by atoms with Crippen LogP contribution in [0, 0.1) is 0 Å². The van der Waals surface area contributed by atoms with Crippen molar-refractivity contribution in [3.05, 3.63) is 48.5 Å². The van der Waals surface area contributed by atoms with Crippen molar-refractivity contribution in [2.75, 3.05) is 37.9 Å². The highest BCUT2D eigenvalue weighted by Gasteiger charge is 2.28. The van der Waals surface area contributed by atoms with Gasteiger partial charge < -0.3 is 30.3 Å². The summed E-state index contributed by atoms with van der Waals surface area (Å²) in [6.45, 7) is 1.31. The first kappa shape index (κ1) is 21.7. The number of methoxy groups -OCH3 is 2. The molecule has 9 heteroatoms. The fourth-order valence-corrected chi connectivity index (χ4v) is 4.62. The summed E-state index contributed by atoms with van der Waals surface area (Å²) < 4.78 is 12.4. The Morgan fingerprint density at radius 3 is 2.29 bits per heavy atom. The number of aromatic hydroxyl groups is 2. The first-order valence-corrected chi connectivity index (χ1v) is 11.1. The normalized spacial score (nSPS) is 14.5. The van der Waals surface area contributed by atoms with Gasteiger partial charge in [-0.3, -0.25) is 4.57 Å². The summed E-state index contributed by atoms with van der Waals surface area (Å²) in [4.78, 5) is 11.3. The van der Waals surface area contributed by atoms with Crippen LogP contribution in [0.2, 0.25) is 0 Å². The quantitative estimate of drug-likeness (QED) is 0.409. The maximum atomic E-state index is 10.9. The van der Waals surface area contributed by atoms with Crippen LogP contribution in [0.25, 0.3) is 22.0 Å². The Hall–Kier alpha value is -4.14. The number of ether oxygens (including phenoxy) is 2. The first-order chi connectivity index (χ1) is 16.5. The van der Waals surface area contributed by atoms with E-state index in [9.17, 15) is 10.2 Å². The van der Waals surface area contributed by atoms with Gasteiger partial charge in [0.2, 0.25) is 11.8 Å². The lowest BCUT2D eigenvalue weighted by molar-refractivity contribution is 0.300. The van der Waals surface area contributed by atoms with Crippen molar-refractivity contribution < 1.29 is 19.7 Å². The minimum absolute atomic E-state index is 0.0455. The molecule has 0 amide bonds. The second-order valence-electron chi connectivity index (χ2n) is 8.33. The first-order valence-electron chi connectivity index (χ1n) is 11.1. The molecule has 34 heavy (non-hydrogen) atoms. The van der Waals surface area contributed by atoms with Crippen molar-refractivity contribution in [2.45, 2.75) is 18.9 Å². The largest absolute Gasteiger partial charge is 0.494 e. The maximum absolute atomic E-state index is 10.9. The lowest BCUT2D eigenvalue weighted by atomic mass is 10.0. The number of benzene rings is 2. The highest BCUT2D eigenvalue weighted by molar-refractivity contribution is 5.91. The van der Waals surface area contributed by atoms with Gasteiger partial charge in [0.05, 0.1) is 19.7 Å². The van der Waals surface area contributed by atoms with Gasteiger partial charge in [0.15, 0.2) is 17.4 Å². The molecule has 0 radical (unpaired) electrons. The van der Waals surface area contributed by atoms with E-state index in [0.717, 1.165) is 5.56 Å². The van der Waals surface area contributed by atoms with E-state index >= 15 is 0 Å². The molecule has 1 aliphatic heterocycles. The van der Waals surface area contributed by atoms with Gasteiger partial charge in [0.1, 0.15) is 5.82 Å². The lowest BCUT2D eigenvalue weighted by Crippen LogP contribution is -2.35. The average Bonchev–Trinajstić information content (AvgIpc) is 3.17. The van der Waals surface area contributed by atoms with E-state index < -0.39 is 0 Å². The van der Waals surface area contributed by atoms with Crippen molar-refractivity contribution in [1.29, 1.82) is 0 Å². The number of nitrogen functional groups attached to an aromatic ring is 1. The zero-order valence-electron chi connectivity index (χ0n) is 19.1. The summed E-state index contributed by atoms with van der Waals surface area (Å²) in [5, 5.41) is 22.2. The van der Waals surface area contributed by atoms with Gasteiger partial charge in [0, 0.05) is 42.2 Å². The Labute approximate surface area is 197 Å². The molecule has 2 aromatic carbocycles. The predicted molar refractivity (Wildman–Crippen MR) is 131 cm³/mol. The molecule has 176 valence electrons. The van der Waals surface area contributed by atoms with Crippen LogP contribution in [-0.2, 0) is 0 Å². The number of hydrogen-bond acceptors (Lipinski definition) is 8. The molecule has 0 unspecified atom stereocenters. The predicted octanol–water partition coefficient (Wildman–Crippen LogP) is 3.95. The molecular formula is C25H27N5O4. The highest BCUT2D eigenvalue weighted by atomic mass is 16.5. The number of anilines is 2. The number of nitrogens with two attached hydrogens (primary N) is 1. The van der Waals surface area contributed by atoms with Crippen LogP contribution in [-0.4, -0.2) is 52.1 Å². The third-order valence-electron chi connectivity index (χ3n) is 6.41. The highest BCUT2D eigenvalue weighted by Crippen LogP contribution is 2.41. The summed E-state index contributed by atoms with van der Waals surface area (Å²) in [6, 6.07) is 14.7. The van der Waals surface area contributed by atoms with Crippen LogP contribution in [0.4, 0.5) is 11.8 Å². The topological polar surface area (TPSA) is 119 Å². The fraction of sp³-hybridized carbons (Fsp3) is 0.280. The minimum atomic E-state index is -0.0455. The van der Waals surface area contributed by atoms with Crippen LogP contribution < -0.4 is 20.1 Å². The molecule has 5 rings (SSSR count). The summed E-state index contributed by atoms with van der Waals surface area (Å²) in [7, 11) is 3.15. The molecular weight excluding hydrogens is 434 g/mol. The number of piperidine rings is 1. The van der Waals surface area contributed by atoms with Gasteiger partial charge >= 0.3 is 0 Å². The molecule has 4 N–H and O–H groups in total. The van der Waals surface area contributed by atoms with Crippen molar-refractivity contribution >= 4 is 22.7 Å². The SMILES string of the molecule is COc1cc2nc(N3CCC(n4c(O)cc(-c5ccccc5)c4O)CC3)nc(N)c2cc1OC.